The largest absolute Gasteiger partial charge is 0.481 e. The molecule has 108 valence electrons. The van der Waals surface area contributed by atoms with E-state index in [2.05, 4.69) is 22.6 Å². The van der Waals surface area contributed by atoms with Crippen LogP contribution in [0.1, 0.15) is 15.9 Å². The minimum atomic E-state index is -1.06. The van der Waals surface area contributed by atoms with Crippen molar-refractivity contribution in [2.24, 2.45) is 0 Å². The zero-order chi connectivity index (χ0) is 15.4. The summed E-state index contributed by atoms with van der Waals surface area (Å²) in [4.78, 5) is 23.6. The number of aliphatic carboxylic acids is 1. The molecule has 0 amide bonds. The fraction of sp³-hybridized carbons (Fsp3) is 0.0667. The van der Waals surface area contributed by atoms with Crippen LogP contribution in [-0.2, 0) is 11.2 Å². The summed E-state index contributed by atoms with van der Waals surface area (Å²) in [6.07, 6.45) is -0.186. The van der Waals surface area contributed by atoms with Crippen LogP contribution in [0, 0.1) is 3.57 Å². The van der Waals surface area contributed by atoms with Crippen LogP contribution in [0.15, 0.2) is 52.3 Å². The predicted octanol–water partition coefficient (Wildman–Crippen LogP) is 3.77. The Bertz CT molecular complexity index is 683. The molecule has 0 radical (unpaired) electrons. The van der Waals surface area contributed by atoms with Gasteiger partial charge in [0.1, 0.15) is 0 Å². The van der Waals surface area contributed by atoms with Gasteiger partial charge < -0.3 is 10.2 Å². The molecule has 2 aromatic carbocycles. The number of aromatic carboxylic acids is 1. The number of rotatable bonds is 5. The van der Waals surface area contributed by atoms with Crippen molar-refractivity contribution in [2.75, 3.05) is 0 Å². The highest BCUT2D eigenvalue weighted by Gasteiger charge is 2.13. The minimum absolute atomic E-state index is 0.123. The van der Waals surface area contributed by atoms with Gasteiger partial charge in [0.05, 0.1) is 12.0 Å². The van der Waals surface area contributed by atoms with E-state index in [1.54, 1.807) is 12.1 Å². The molecule has 4 nitrogen and oxygen atoms in total. The van der Waals surface area contributed by atoms with Crippen LogP contribution in [0.3, 0.4) is 0 Å². The van der Waals surface area contributed by atoms with E-state index >= 15 is 0 Å². The van der Waals surface area contributed by atoms with Gasteiger partial charge in [-0.25, -0.2) is 4.79 Å². The molecule has 0 saturated carbocycles. The molecule has 0 aromatic heterocycles. The van der Waals surface area contributed by atoms with Crippen LogP contribution in [0.5, 0.6) is 0 Å². The van der Waals surface area contributed by atoms with Crippen molar-refractivity contribution in [1.29, 1.82) is 0 Å². The number of halogens is 1. The van der Waals surface area contributed by atoms with E-state index in [9.17, 15) is 14.7 Å². The molecule has 0 fully saturated rings. The van der Waals surface area contributed by atoms with Crippen LogP contribution >= 0.6 is 34.4 Å². The zero-order valence-corrected chi connectivity index (χ0v) is 13.7. The molecule has 0 aliphatic rings. The first-order chi connectivity index (χ1) is 9.95. The summed E-state index contributed by atoms with van der Waals surface area (Å²) in [5.74, 6) is -2.04. The van der Waals surface area contributed by atoms with Gasteiger partial charge >= 0.3 is 11.9 Å². The third-order valence-electron chi connectivity index (χ3n) is 2.67. The predicted molar refractivity (Wildman–Crippen MR) is 88.0 cm³/mol. The average Bonchev–Trinajstić information content (AvgIpc) is 2.42. The molecule has 0 bridgehead atoms. The standard InChI is InChI=1S/C15H11IO4S/c16-10-2-4-11(5-3-10)21-13-6-1-9(8-14(17)18)7-12(13)15(19)20/h1-7H,8H2,(H,17,18)(H,19,20). The number of benzene rings is 2. The topological polar surface area (TPSA) is 74.6 Å². The van der Waals surface area contributed by atoms with Crippen LogP contribution in [0.25, 0.3) is 0 Å². The molecule has 0 aliphatic heterocycles. The van der Waals surface area contributed by atoms with Crippen molar-refractivity contribution in [1.82, 2.24) is 0 Å². The number of carboxylic acid groups (broad SMARTS) is 2. The van der Waals surface area contributed by atoms with Crippen LogP contribution < -0.4 is 0 Å². The zero-order valence-electron chi connectivity index (χ0n) is 10.7. The number of hydrogen-bond donors (Lipinski definition) is 2. The summed E-state index contributed by atoms with van der Waals surface area (Å²) in [6, 6.07) is 12.5. The molecule has 2 N–H and O–H groups in total. The highest BCUT2D eigenvalue weighted by Crippen LogP contribution is 2.31. The van der Waals surface area contributed by atoms with Gasteiger partial charge in [0.15, 0.2) is 0 Å². The number of hydrogen-bond acceptors (Lipinski definition) is 3. The summed E-state index contributed by atoms with van der Waals surface area (Å²) >= 11 is 3.55. The molecule has 0 aliphatic carbocycles. The van der Waals surface area contributed by atoms with Crippen molar-refractivity contribution in [2.45, 2.75) is 16.2 Å². The molecule has 0 unspecified atom stereocenters. The van der Waals surface area contributed by atoms with E-state index in [4.69, 9.17) is 5.11 Å². The van der Waals surface area contributed by atoms with Crippen molar-refractivity contribution < 1.29 is 19.8 Å². The summed E-state index contributed by atoms with van der Waals surface area (Å²) < 4.78 is 1.10. The molecule has 0 atom stereocenters. The second-order valence-corrected chi connectivity index (χ2v) is 6.62. The monoisotopic (exact) mass is 414 g/mol. The molecule has 0 spiro atoms. The summed E-state index contributed by atoms with van der Waals surface area (Å²) in [6.45, 7) is 0. The molecule has 0 saturated heterocycles. The molecule has 21 heavy (non-hydrogen) atoms. The van der Waals surface area contributed by atoms with Gasteiger partial charge in [0, 0.05) is 13.4 Å². The van der Waals surface area contributed by atoms with E-state index in [0.717, 1.165) is 8.47 Å². The van der Waals surface area contributed by atoms with Crippen LogP contribution in [0.4, 0.5) is 0 Å². The third-order valence-corrected chi connectivity index (χ3v) is 4.47. The Balaban J connectivity index is 2.32. The maximum Gasteiger partial charge on any atom is 0.336 e. The van der Waals surface area contributed by atoms with Crippen molar-refractivity contribution in [3.05, 3.63) is 57.2 Å². The molecular formula is C15H11IO4S. The molecular weight excluding hydrogens is 403 g/mol. The first-order valence-corrected chi connectivity index (χ1v) is 7.86. The lowest BCUT2D eigenvalue weighted by Gasteiger charge is -2.08. The fourth-order valence-electron chi connectivity index (χ4n) is 1.75. The molecule has 2 rings (SSSR count). The van der Waals surface area contributed by atoms with E-state index in [-0.39, 0.29) is 12.0 Å². The molecule has 2 aromatic rings. The van der Waals surface area contributed by atoms with Gasteiger partial charge in [0.2, 0.25) is 0 Å². The number of carbonyl (C=O) groups is 2. The molecule has 0 heterocycles. The Kier molecular flexibility index (Phi) is 5.24. The Morgan fingerprint density at radius 3 is 2.29 bits per heavy atom. The highest BCUT2D eigenvalue weighted by atomic mass is 127. The minimum Gasteiger partial charge on any atom is -0.481 e. The summed E-state index contributed by atoms with van der Waals surface area (Å²) in [7, 11) is 0. The first-order valence-electron chi connectivity index (χ1n) is 5.97. The number of carboxylic acids is 2. The van der Waals surface area contributed by atoms with E-state index in [1.807, 2.05) is 24.3 Å². The van der Waals surface area contributed by atoms with Gasteiger partial charge in [-0.15, -0.1) is 0 Å². The smallest absolute Gasteiger partial charge is 0.336 e. The Hall–Kier alpha value is -1.54. The summed E-state index contributed by atoms with van der Waals surface area (Å²) in [5.41, 5.74) is 0.601. The maximum atomic E-state index is 11.3. The van der Waals surface area contributed by atoms with Gasteiger partial charge in [-0.2, -0.15) is 0 Å². The Morgan fingerprint density at radius 1 is 1.05 bits per heavy atom. The van der Waals surface area contributed by atoms with Gasteiger partial charge in [0.25, 0.3) is 0 Å². The van der Waals surface area contributed by atoms with Crippen molar-refractivity contribution in [3.63, 3.8) is 0 Å². The van der Waals surface area contributed by atoms with Gasteiger partial charge in [-0.1, -0.05) is 17.8 Å². The van der Waals surface area contributed by atoms with Crippen molar-refractivity contribution in [3.8, 4) is 0 Å². The first kappa shape index (κ1) is 15.8. The second kappa shape index (κ2) is 6.95. The van der Waals surface area contributed by atoms with Crippen LogP contribution in [0.2, 0.25) is 0 Å². The lowest BCUT2D eigenvalue weighted by atomic mass is 10.1. The van der Waals surface area contributed by atoms with Crippen LogP contribution in [-0.4, -0.2) is 22.2 Å². The second-order valence-electron chi connectivity index (χ2n) is 4.26. The maximum absolute atomic E-state index is 11.3. The average molecular weight is 414 g/mol. The fourth-order valence-corrected chi connectivity index (χ4v) is 3.03. The van der Waals surface area contributed by atoms with E-state index in [1.165, 1.54) is 17.8 Å². The summed E-state index contributed by atoms with van der Waals surface area (Å²) in [5, 5.41) is 18.1. The van der Waals surface area contributed by atoms with E-state index in [0.29, 0.717) is 10.5 Å². The quantitative estimate of drug-likeness (QED) is 0.729. The lowest BCUT2D eigenvalue weighted by Crippen LogP contribution is -2.04. The Morgan fingerprint density at radius 2 is 1.71 bits per heavy atom. The normalized spacial score (nSPS) is 10.3. The van der Waals surface area contributed by atoms with Crippen molar-refractivity contribution >= 4 is 46.3 Å². The van der Waals surface area contributed by atoms with E-state index < -0.39 is 11.9 Å². The Labute approximate surface area is 139 Å². The SMILES string of the molecule is O=C(O)Cc1ccc(Sc2ccc(I)cc2)c(C(=O)O)c1. The van der Waals surface area contributed by atoms with Gasteiger partial charge in [-0.05, 0) is 64.6 Å². The third kappa shape index (κ3) is 4.47. The highest BCUT2D eigenvalue weighted by molar-refractivity contribution is 14.1. The molecule has 6 heteroatoms. The van der Waals surface area contributed by atoms with Gasteiger partial charge in [-0.3, -0.25) is 4.79 Å². The lowest BCUT2D eigenvalue weighted by molar-refractivity contribution is -0.136.